The molecule has 0 bridgehead atoms. The Labute approximate surface area is 82.1 Å². The lowest BCUT2D eigenvalue weighted by molar-refractivity contribution is 0.182. The summed E-state index contributed by atoms with van der Waals surface area (Å²) in [6, 6.07) is 2.10. The van der Waals surface area contributed by atoms with Crippen molar-refractivity contribution in [1.29, 1.82) is 0 Å². The SMILES string of the molecule is NC(CC1CCOC1)c1ccsn1. The zero-order valence-corrected chi connectivity index (χ0v) is 8.30. The summed E-state index contributed by atoms with van der Waals surface area (Å²) in [6.07, 6.45) is 2.15. The van der Waals surface area contributed by atoms with Gasteiger partial charge < -0.3 is 10.5 Å². The van der Waals surface area contributed by atoms with Crippen LogP contribution in [-0.2, 0) is 4.74 Å². The molecule has 2 atom stereocenters. The lowest BCUT2D eigenvalue weighted by atomic mass is 9.98. The fourth-order valence-corrected chi connectivity index (χ4v) is 2.24. The lowest BCUT2D eigenvalue weighted by Gasteiger charge is -2.12. The lowest BCUT2D eigenvalue weighted by Crippen LogP contribution is -2.15. The van der Waals surface area contributed by atoms with Crippen LogP contribution in [0.4, 0.5) is 0 Å². The minimum atomic E-state index is 0.0953. The van der Waals surface area contributed by atoms with E-state index in [0.717, 1.165) is 31.7 Å². The highest BCUT2D eigenvalue weighted by Crippen LogP contribution is 2.24. The molecule has 2 rings (SSSR count). The minimum Gasteiger partial charge on any atom is -0.381 e. The normalized spacial score (nSPS) is 24.8. The Bertz CT molecular complexity index is 244. The summed E-state index contributed by atoms with van der Waals surface area (Å²) < 4.78 is 9.54. The maximum atomic E-state index is 6.01. The Morgan fingerprint density at radius 2 is 2.69 bits per heavy atom. The number of aromatic nitrogens is 1. The molecule has 2 heterocycles. The Balaban J connectivity index is 1.87. The zero-order chi connectivity index (χ0) is 9.10. The highest BCUT2D eigenvalue weighted by Gasteiger charge is 2.20. The summed E-state index contributed by atoms with van der Waals surface area (Å²) in [7, 11) is 0. The molecule has 2 N–H and O–H groups in total. The third kappa shape index (κ3) is 2.27. The Morgan fingerprint density at radius 1 is 1.77 bits per heavy atom. The number of rotatable bonds is 3. The quantitative estimate of drug-likeness (QED) is 0.802. The molecule has 1 aliphatic rings. The fraction of sp³-hybridized carbons (Fsp3) is 0.667. The van der Waals surface area contributed by atoms with E-state index in [4.69, 9.17) is 10.5 Å². The predicted octanol–water partition coefficient (Wildman–Crippen LogP) is 1.57. The molecule has 0 spiro atoms. The number of hydrogen-bond acceptors (Lipinski definition) is 4. The van der Waals surface area contributed by atoms with Gasteiger partial charge in [-0.3, -0.25) is 0 Å². The first-order valence-corrected chi connectivity index (χ1v) is 5.43. The van der Waals surface area contributed by atoms with E-state index in [2.05, 4.69) is 4.37 Å². The van der Waals surface area contributed by atoms with Gasteiger partial charge in [0.2, 0.25) is 0 Å². The highest BCUT2D eigenvalue weighted by atomic mass is 32.1. The molecule has 0 amide bonds. The van der Waals surface area contributed by atoms with Crippen LogP contribution < -0.4 is 5.73 Å². The van der Waals surface area contributed by atoms with Gasteiger partial charge in [0.1, 0.15) is 0 Å². The van der Waals surface area contributed by atoms with Crippen LogP contribution in [0.2, 0.25) is 0 Å². The molecule has 0 radical (unpaired) electrons. The molecule has 1 saturated heterocycles. The van der Waals surface area contributed by atoms with Crippen molar-refractivity contribution in [3.63, 3.8) is 0 Å². The predicted molar refractivity (Wildman–Crippen MR) is 52.6 cm³/mol. The van der Waals surface area contributed by atoms with Gasteiger partial charge in [-0.25, -0.2) is 0 Å². The summed E-state index contributed by atoms with van der Waals surface area (Å²) in [6.45, 7) is 1.77. The van der Waals surface area contributed by atoms with Crippen LogP contribution in [-0.4, -0.2) is 17.6 Å². The van der Waals surface area contributed by atoms with Gasteiger partial charge in [-0.1, -0.05) is 0 Å². The van der Waals surface area contributed by atoms with E-state index < -0.39 is 0 Å². The van der Waals surface area contributed by atoms with E-state index in [-0.39, 0.29) is 6.04 Å². The first-order chi connectivity index (χ1) is 6.36. The number of nitrogens with two attached hydrogens (primary N) is 1. The van der Waals surface area contributed by atoms with Gasteiger partial charge in [0.05, 0.1) is 5.69 Å². The van der Waals surface area contributed by atoms with Gasteiger partial charge in [0.15, 0.2) is 0 Å². The van der Waals surface area contributed by atoms with Crippen LogP contribution in [0.15, 0.2) is 11.4 Å². The molecule has 0 saturated carbocycles. The summed E-state index contributed by atoms with van der Waals surface area (Å²) in [5, 5.41) is 1.97. The van der Waals surface area contributed by atoms with Crippen LogP contribution >= 0.6 is 11.5 Å². The smallest absolute Gasteiger partial charge is 0.0709 e. The van der Waals surface area contributed by atoms with Crippen molar-refractivity contribution in [2.75, 3.05) is 13.2 Å². The Hall–Kier alpha value is -0.450. The molecular formula is C9H14N2OS. The van der Waals surface area contributed by atoms with Gasteiger partial charge in [0.25, 0.3) is 0 Å². The molecular weight excluding hydrogens is 184 g/mol. The fourth-order valence-electron chi connectivity index (χ4n) is 1.66. The number of nitrogens with zero attached hydrogens (tertiary/aromatic N) is 1. The second-order valence-corrected chi connectivity index (χ2v) is 4.16. The van der Waals surface area contributed by atoms with Crippen LogP contribution in [0.3, 0.4) is 0 Å². The number of ether oxygens (including phenoxy) is 1. The standard InChI is InChI=1S/C9H14N2OS/c10-8(9-2-4-13-11-9)5-7-1-3-12-6-7/h2,4,7-8H,1,3,5-6,10H2. The molecule has 72 valence electrons. The van der Waals surface area contributed by atoms with E-state index in [9.17, 15) is 0 Å². The molecule has 1 aromatic heterocycles. The molecule has 2 unspecified atom stereocenters. The molecule has 1 aliphatic heterocycles. The first-order valence-electron chi connectivity index (χ1n) is 4.60. The molecule has 0 aromatic carbocycles. The second-order valence-electron chi connectivity index (χ2n) is 3.50. The van der Waals surface area contributed by atoms with Crippen molar-refractivity contribution in [2.45, 2.75) is 18.9 Å². The van der Waals surface area contributed by atoms with Crippen LogP contribution in [0.25, 0.3) is 0 Å². The van der Waals surface area contributed by atoms with Crippen molar-refractivity contribution in [3.8, 4) is 0 Å². The second kappa shape index (κ2) is 4.17. The average molecular weight is 198 g/mol. The maximum absolute atomic E-state index is 6.01. The average Bonchev–Trinajstić information content (AvgIpc) is 2.74. The monoisotopic (exact) mass is 198 g/mol. The van der Waals surface area contributed by atoms with Gasteiger partial charge in [0, 0.05) is 24.6 Å². The molecule has 13 heavy (non-hydrogen) atoms. The summed E-state index contributed by atoms with van der Waals surface area (Å²) in [5.41, 5.74) is 7.03. The minimum absolute atomic E-state index is 0.0953. The van der Waals surface area contributed by atoms with Gasteiger partial charge in [-0.15, -0.1) is 0 Å². The zero-order valence-electron chi connectivity index (χ0n) is 7.48. The Morgan fingerprint density at radius 3 is 3.31 bits per heavy atom. The van der Waals surface area contributed by atoms with E-state index in [0.29, 0.717) is 5.92 Å². The van der Waals surface area contributed by atoms with Crippen LogP contribution in [0.5, 0.6) is 0 Å². The first kappa shape index (κ1) is 9.12. The van der Waals surface area contributed by atoms with Gasteiger partial charge in [-0.2, -0.15) is 4.37 Å². The van der Waals surface area contributed by atoms with Crippen molar-refractivity contribution in [3.05, 3.63) is 17.1 Å². The summed E-state index contributed by atoms with van der Waals surface area (Å²) >= 11 is 1.46. The molecule has 1 fully saturated rings. The molecule has 0 aliphatic carbocycles. The van der Waals surface area contributed by atoms with Crippen molar-refractivity contribution < 1.29 is 4.74 Å². The van der Waals surface area contributed by atoms with Gasteiger partial charge in [-0.05, 0) is 36.4 Å². The maximum Gasteiger partial charge on any atom is 0.0709 e. The third-order valence-electron chi connectivity index (χ3n) is 2.45. The van der Waals surface area contributed by atoms with E-state index in [1.165, 1.54) is 11.5 Å². The van der Waals surface area contributed by atoms with Gasteiger partial charge >= 0.3 is 0 Å². The largest absolute Gasteiger partial charge is 0.381 e. The van der Waals surface area contributed by atoms with Crippen molar-refractivity contribution in [2.24, 2.45) is 11.7 Å². The van der Waals surface area contributed by atoms with Crippen molar-refractivity contribution in [1.82, 2.24) is 4.37 Å². The molecule has 1 aromatic rings. The van der Waals surface area contributed by atoms with Crippen LogP contribution in [0.1, 0.15) is 24.6 Å². The third-order valence-corrected chi connectivity index (χ3v) is 3.02. The highest BCUT2D eigenvalue weighted by molar-refractivity contribution is 7.03. The number of hydrogen-bond donors (Lipinski definition) is 1. The van der Waals surface area contributed by atoms with E-state index in [1.54, 1.807) is 0 Å². The van der Waals surface area contributed by atoms with Crippen LogP contribution in [0, 0.1) is 5.92 Å². The summed E-state index contributed by atoms with van der Waals surface area (Å²) in [4.78, 5) is 0. The molecule has 3 nitrogen and oxygen atoms in total. The Kier molecular flexibility index (Phi) is 2.93. The topological polar surface area (TPSA) is 48.1 Å². The van der Waals surface area contributed by atoms with E-state index >= 15 is 0 Å². The van der Waals surface area contributed by atoms with Crippen molar-refractivity contribution >= 4 is 11.5 Å². The molecule has 4 heteroatoms. The van der Waals surface area contributed by atoms with E-state index in [1.807, 2.05) is 11.4 Å². The summed E-state index contributed by atoms with van der Waals surface area (Å²) in [5.74, 6) is 0.636.